The Morgan fingerprint density at radius 1 is 1.29 bits per heavy atom. The molecule has 1 aliphatic heterocycles. The number of hydrogen-bond acceptors (Lipinski definition) is 8. The van der Waals surface area contributed by atoms with Gasteiger partial charge in [0.1, 0.15) is 23.3 Å². The zero-order valence-corrected chi connectivity index (χ0v) is 17.0. The summed E-state index contributed by atoms with van der Waals surface area (Å²) in [5.74, 6) is 1.62. The highest BCUT2D eigenvalue weighted by atomic mass is 16.5. The van der Waals surface area contributed by atoms with E-state index < -0.39 is 0 Å². The third-order valence-corrected chi connectivity index (χ3v) is 5.20. The number of aryl methyl sites for hydroxylation is 1. The van der Waals surface area contributed by atoms with E-state index in [-0.39, 0.29) is 6.04 Å². The van der Waals surface area contributed by atoms with Crippen LogP contribution in [0.5, 0.6) is 5.75 Å². The zero-order valence-electron chi connectivity index (χ0n) is 17.0. The highest BCUT2D eigenvalue weighted by molar-refractivity contribution is 5.94. The predicted molar refractivity (Wildman–Crippen MR) is 115 cm³/mol. The molecular weight excluding hydrogens is 396 g/mol. The van der Waals surface area contributed by atoms with Gasteiger partial charge >= 0.3 is 0 Å². The van der Waals surface area contributed by atoms with Crippen LogP contribution in [-0.2, 0) is 11.8 Å². The van der Waals surface area contributed by atoms with Crippen molar-refractivity contribution >= 4 is 28.5 Å². The first-order valence-corrected chi connectivity index (χ1v) is 9.73. The summed E-state index contributed by atoms with van der Waals surface area (Å²) in [7, 11) is 3.51. The molecule has 1 fully saturated rings. The van der Waals surface area contributed by atoms with Gasteiger partial charge in [-0.05, 0) is 18.2 Å². The van der Waals surface area contributed by atoms with Crippen molar-refractivity contribution in [1.29, 1.82) is 5.26 Å². The summed E-state index contributed by atoms with van der Waals surface area (Å²) < 4.78 is 12.6. The Morgan fingerprint density at radius 3 is 2.84 bits per heavy atom. The van der Waals surface area contributed by atoms with E-state index in [0.29, 0.717) is 47.3 Å². The van der Waals surface area contributed by atoms with Crippen LogP contribution in [0.15, 0.2) is 36.7 Å². The van der Waals surface area contributed by atoms with Gasteiger partial charge in [0.2, 0.25) is 5.95 Å². The molecule has 156 valence electrons. The van der Waals surface area contributed by atoms with Gasteiger partial charge in [0, 0.05) is 25.0 Å². The summed E-state index contributed by atoms with van der Waals surface area (Å²) in [4.78, 5) is 12.2. The second kappa shape index (κ2) is 7.62. The molecule has 4 aromatic rings. The molecule has 4 heterocycles. The van der Waals surface area contributed by atoms with E-state index in [1.165, 1.54) is 0 Å². The number of H-pyrrole nitrogens is 1. The van der Waals surface area contributed by atoms with Gasteiger partial charge in [0.15, 0.2) is 0 Å². The lowest BCUT2D eigenvalue weighted by atomic mass is 10.1. The van der Waals surface area contributed by atoms with Gasteiger partial charge in [-0.2, -0.15) is 20.3 Å². The number of methoxy groups -OCH3 is 1. The molecule has 0 atom stereocenters. The molecule has 5 rings (SSSR count). The molecule has 0 spiro atoms. The first-order chi connectivity index (χ1) is 15.2. The second-order valence-electron chi connectivity index (χ2n) is 7.19. The SMILES string of the molecule is COc1cc(-c2ccnn2C)ccc1Nc1nc(NC2COC2)c2c(C#N)c[nH]c2n1. The molecular formula is C21H20N8O2. The first-order valence-electron chi connectivity index (χ1n) is 9.73. The third kappa shape index (κ3) is 3.41. The van der Waals surface area contributed by atoms with Crippen LogP contribution < -0.4 is 15.4 Å². The number of nitrogens with one attached hydrogen (secondary N) is 3. The number of rotatable bonds is 6. The number of hydrogen-bond donors (Lipinski definition) is 3. The average molecular weight is 416 g/mol. The monoisotopic (exact) mass is 416 g/mol. The number of nitriles is 1. The molecule has 1 saturated heterocycles. The van der Waals surface area contributed by atoms with Gasteiger partial charge in [-0.3, -0.25) is 4.68 Å². The fourth-order valence-electron chi connectivity index (χ4n) is 3.53. The van der Waals surface area contributed by atoms with Gasteiger partial charge in [0.25, 0.3) is 0 Å². The summed E-state index contributed by atoms with van der Waals surface area (Å²) in [5, 5.41) is 20.9. The fourth-order valence-corrected chi connectivity index (χ4v) is 3.53. The van der Waals surface area contributed by atoms with Gasteiger partial charge in [-0.1, -0.05) is 6.07 Å². The van der Waals surface area contributed by atoms with Crippen molar-refractivity contribution in [1.82, 2.24) is 24.7 Å². The Kier molecular flexibility index (Phi) is 4.65. The Labute approximate surface area is 177 Å². The summed E-state index contributed by atoms with van der Waals surface area (Å²) >= 11 is 0. The van der Waals surface area contributed by atoms with Crippen LogP contribution in [0.25, 0.3) is 22.3 Å². The van der Waals surface area contributed by atoms with Crippen molar-refractivity contribution in [2.45, 2.75) is 6.04 Å². The molecule has 0 unspecified atom stereocenters. The van der Waals surface area contributed by atoms with E-state index in [2.05, 4.69) is 36.8 Å². The van der Waals surface area contributed by atoms with Crippen LogP contribution in [0.1, 0.15) is 5.56 Å². The Balaban J connectivity index is 1.51. The fraction of sp³-hybridized carbons (Fsp3) is 0.238. The van der Waals surface area contributed by atoms with Gasteiger partial charge in [-0.25, -0.2) is 0 Å². The summed E-state index contributed by atoms with van der Waals surface area (Å²) in [6.07, 6.45) is 3.39. The van der Waals surface area contributed by atoms with Crippen LogP contribution in [0, 0.1) is 11.3 Å². The normalized spacial score (nSPS) is 13.6. The van der Waals surface area contributed by atoms with Gasteiger partial charge in [-0.15, -0.1) is 0 Å². The minimum atomic E-state index is 0.153. The molecule has 3 N–H and O–H groups in total. The maximum absolute atomic E-state index is 9.43. The van der Waals surface area contributed by atoms with Crippen LogP contribution in [0.4, 0.5) is 17.5 Å². The number of fused-ring (bicyclic) bond motifs is 1. The molecule has 1 aliphatic rings. The van der Waals surface area contributed by atoms with Crippen LogP contribution in [-0.4, -0.2) is 51.1 Å². The molecule has 10 heteroatoms. The lowest BCUT2D eigenvalue weighted by molar-refractivity contribution is 0.0210. The van der Waals surface area contributed by atoms with Crippen molar-refractivity contribution in [3.8, 4) is 23.1 Å². The van der Waals surface area contributed by atoms with E-state index in [4.69, 9.17) is 9.47 Å². The number of benzene rings is 1. The largest absolute Gasteiger partial charge is 0.495 e. The standard InChI is InChI=1S/C21H20N8O2/c1-29-16(5-6-24-29)12-3-4-15(17(7-12)30-2)26-21-27-19-18(13(8-22)9-23-19)20(28-21)25-14-10-31-11-14/h3-7,9,14H,10-11H2,1-2H3,(H3,23,25,26,27,28). The minimum Gasteiger partial charge on any atom is -0.495 e. The molecule has 3 aromatic heterocycles. The topological polar surface area (TPSA) is 126 Å². The smallest absolute Gasteiger partial charge is 0.231 e. The highest BCUT2D eigenvalue weighted by Gasteiger charge is 2.22. The number of aromatic amines is 1. The van der Waals surface area contributed by atoms with Crippen molar-refractivity contribution in [3.63, 3.8) is 0 Å². The van der Waals surface area contributed by atoms with Gasteiger partial charge < -0.3 is 25.1 Å². The number of aromatic nitrogens is 5. The quantitative estimate of drug-likeness (QED) is 0.438. The molecule has 31 heavy (non-hydrogen) atoms. The maximum Gasteiger partial charge on any atom is 0.231 e. The van der Waals surface area contributed by atoms with E-state index in [1.807, 2.05) is 31.3 Å². The summed E-state index contributed by atoms with van der Waals surface area (Å²) in [6.45, 7) is 1.20. The number of ether oxygens (including phenoxy) is 2. The minimum absolute atomic E-state index is 0.153. The Morgan fingerprint density at radius 2 is 2.16 bits per heavy atom. The highest BCUT2D eigenvalue weighted by Crippen LogP contribution is 2.33. The number of anilines is 3. The Hall–Kier alpha value is -4.10. The van der Waals surface area contributed by atoms with Crippen molar-refractivity contribution in [2.24, 2.45) is 7.05 Å². The summed E-state index contributed by atoms with van der Waals surface area (Å²) in [5.41, 5.74) is 3.74. The molecule has 0 aliphatic carbocycles. The molecule has 0 radical (unpaired) electrons. The van der Waals surface area contributed by atoms with Crippen LogP contribution in [0.2, 0.25) is 0 Å². The Bertz CT molecular complexity index is 1300. The van der Waals surface area contributed by atoms with Crippen LogP contribution in [0.3, 0.4) is 0 Å². The predicted octanol–water partition coefficient (Wildman–Crippen LogP) is 2.79. The van der Waals surface area contributed by atoms with Crippen molar-refractivity contribution in [3.05, 3.63) is 42.2 Å². The third-order valence-electron chi connectivity index (χ3n) is 5.20. The molecule has 0 bridgehead atoms. The van der Waals surface area contributed by atoms with E-state index in [1.54, 1.807) is 24.2 Å². The van der Waals surface area contributed by atoms with Crippen molar-refractivity contribution in [2.75, 3.05) is 31.0 Å². The summed E-state index contributed by atoms with van der Waals surface area (Å²) in [6, 6.07) is 10.1. The molecule has 0 saturated carbocycles. The molecule has 1 aromatic carbocycles. The lowest BCUT2D eigenvalue weighted by Gasteiger charge is -2.27. The van der Waals surface area contributed by atoms with Crippen molar-refractivity contribution < 1.29 is 9.47 Å². The van der Waals surface area contributed by atoms with E-state index in [0.717, 1.165) is 16.9 Å². The number of nitrogens with zero attached hydrogens (tertiary/aromatic N) is 5. The average Bonchev–Trinajstić information content (AvgIpc) is 3.36. The lowest BCUT2D eigenvalue weighted by Crippen LogP contribution is -2.40. The molecule has 10 nitrogen and oxygen atoms in total. The zero-order chi connectivity index (χ0) is 21.4. The molecule has 0 amide bonds. The van der Waals surface area contributed by atoms with Gasteiger partial charge in [0.05, 0.1) is 48.7 Å². The van der Waals surface area contributed by atoms with Crippen LogP contribution >= 0.6 is 0 Å². The van der Waals surface area contributed by atoms with E-state index >= 15 is 0 Å². The maximum atomic E-state index is 9.43. The second-order valence-corrected chi connectivity index (χ2v) is 7.19. The first kappa shape index (κ1) is 18.9. The van der Waals surface area contributed by atoms with E-state index in [9.17, 15) is 5.26 Å².